The first-order chi connectivity index (χ1) is 5.43. The quantitative estimate of drug-likeness (QED) is 0.638. The molecule has 1 saturated carbocycles. The fourth-order valence-electron chi connectivity index (χ4n) is 1.00. The molecule has 0 heterocycles. The van der Waals surface area contributed by atoms with Crippen LogP contribution < -0.4 is 4.72 Å². The molecule has 12 heavy (non-hydrogen) atoms. The summed E-state index contributed by atoms with van der Waals surface area (Å²) in [6, 6.07) is -0.146. The molecule has 1 N–H and O–H groups in total. The molecular weight excluding hydrogens is 178 g/mol. The zero-order valence-corrected chi connectivity index (χ0v) is 8.02. The summed E-state index contributed by atoms with van der Waals surface area (Å²) < 4.78 is 24.1. The third-order valence-corrected chi connectivity index (χ3v) is 4.24. The Bertz CT molecular complexity index is 277. The predicted molar refractivity (Wildman–Crippen MR) is 45.2 cm³/mol. The summed E-state index contributed by atoms with van der Waals surface area (Å²) in [6.45, 7) is 3.47. The molecule has 0 bridgehead atoms. The maximum Gasteiger partial charge on any atom is 0.224 e. The molecule has 0 radical (unpaired) electrons. The molecular formula is C7H13NO3S. The second kappa shape index (κ2) is 2.81. The Morgan fingerprint density at radius 3 is 2.17 bits per heavy atom. The van der Waals surface area contributed by atoms with E-state index in [1.165, 1.54) is 0 Å². The summed E-state index contributed by atoms with van der Waals surface area (Å²) in [4.78, 5) is 10.5. The van der Waals surface area contributed by atoms with Gasteiger partial charge in [-0.2, -0.15) is 0 Å². The van der Waals surface area contributed by atoms with Gasteiger partial charge >= 0.3 is 0 Å². The van der Waals surface area contributed by atoms with Gasteiger partial charge in [0.1, 0.15) is 11.0 Å². The third-order valence-electron chi connectivity index (χ3n) is 1.88. The molecule has 0 aromatic heterocycles. The highest BCUT2D eigenvalue weighted by atomic mass is 32.2. The van der Waals surface area contributed by atoms with E-state index in [9.17, 15) is 13.2 Å². The average Bonchev–Trinajstić information content (AvgIpc) is 2.62. The highest BCUT2D eigenvalue weighted by molar-refractivity contribution is 7.92. The van der Waals surface area contributed by atoms with E-state index in [1.54, 1.807) is 13.8 Å². The fourth-order valence-corrected chi connectivity index (χ4v) is 2.62. The molecule has 0 unspecified atom stereocenters. The molecule has 0 atom stereocenters. The molecule has 0 spiro atoms. The van der Waals surface area contributed by atoms with Gasteiger partial charge in [0.05, 0.1) is 0 Å². The Hall–Kier alpha value is -0.420. The molecule has 0 saturated heterocycles. The van der Waals surface area contributed by atoms with Gasteiger partial charge in [0.15, 0.2) is 0 Å². The molecule has 1 aliphatic carbocycles. The van der Waals surface area contributed by atoms with Crippen LogP contribution in [0.4, 0.5) is 0 Å². The Labute approximate surface area is 72.4 Å². The summed E-state index contributed by atoms with van der Waals surface area (Å²) in [5, 5.41) is 0. The fraction of sp³-hybridized carbons (Fsp3) is 0.857. The lowest BCUT2D eigenvalue weighted by Crippen LogP contribution is -2.40. The van der Waals surface area contributed by atoms with Gasteiger partial charge < -0.3 is 4.79 Å². The molecule has 0 amide bonds. The Morgan fingerprint density at radius 2 is 1.92 bits per heavy atom. The van der Waals surface area contributed by atoms with Crippen molar-refractivity contribution in [1.29, 1.82) is 0 Å². The first kappa shape index (κ1) is 9.67. The second-order valence-corrected chi connectivity index (χ2v) is 5.51. The lowest BCUT2D eigenvalue weighted by molar-refractivity contribution is -0.108. The highest BCUT2D eigenvalue weighted by Gasteiger charge is 2.54. The lowest BCUT2D eigenvalue weighted by atomic mass is 10.4. The van der Waals surface area contributed by atoms with E-state index in [1.807, 2.05) is 0 Å². The van der Waals surface area contributed by atoms with E-state index >= 15 is 0 Å². The van der Waals surface area contributed by atoms with Gasteiger partial charge in [-0.1, -0.05) is 0 Å². The molecule has 4 nitrogen and oxygen atoms in total. The maximum atomic E-state index is 11.4. The van der Waals surface area contributed by atoms with Gasteiger partial charge in [-0.25, -0.2) is 13.1 Å². The van der Waals surface area contributed by atoms with Crippen molar-refractivity contribution in [2.24, 2.45) is 0 Å². The highest BCUT2D eigenvalue weighted by Crippen LogP contribution is 2.40. The molecule has 70 valence electrons. The monoisotopic (exact) mass is 191 g/mol. The largest absolute Gasteiger partial charge is 0.302 e. The number of sulfonamides is 1. The van der Waals surface area contributed by atoms with Gasteiger partial charge in [0.25, 0.3) is 0 Å². The van der Waals surface area contributed by atoms with Crippen molar-refractivity contribution >= 4 is 16.3 Å². The van der Waals surface area contributed by atoms with Crippen molar-refractivity contribution in [1.82, 2.24) is 4.72 Å². The number of carbonyl (C=O) groups is 1. The molecule has 1 rings (SSSR count). The summed E-state index contributed by atoms with van der Waals surface area (Å²) >= 11 is 0. The zero-order chi connectivity index (χ0) is 9.41. The van der Waals surface area contributed by atoms with Crippen LogP contribution >= 0.6 is 0 Å². The zero-order valence-electron chi connectivity index (χ0n) is 7.20. The first-order valence-corrected chi connectivity index (χ1v) is 5.40. The number of hydrogen-bond donors (Lipinski definition) is 1. The van der Waals surface area contributed by atoms with Gasteiger partial charge in [-0.3, -0.25) is 0 Å². The van der Waals surface area contributed by atoms with E-state index in [2.05, 4.69) is 4.72 Å². The van der Waals surface area contributed by atoms with Crippen molar-refractivity contribution in [2.45, 2.75) is 37.5 Å². The van der Waals surface area contributed by atoms with Crippen molar-refractivity contribution in [3.63, 3.8) is 0 Å². The van der Waals surface area contributed by atoms with Crippen LogP contribution in [0.2, 0.25) is 0 Å². The number of hydrogen-bond acceptors (Lipinski definition) is 3. The Balaban J connectivity index is 2.79. The smallest absolute Gasteiger partial charge is 0.224 e. The van der Waals surface area contributed by atoms with Gasteiger partial charge in [0, 0.05) is 6.04 Å². The van der Waals surface area contributed by atoms with Crippen molar-refractivity contribution in [3.05, 3.63) is 0 Å². The first-order valence-electron chi connectivity index (χ1n) is 3.92. The van der Waals surface area contributed by atoms with Crippen molar-refractivity contribution in [3.8, 4) is 0 Å². The minimum atomic E-state index is -3.42. The normalized spacial score (nSPS) is 20.9. The van der Waals surface area contributed by atoms with Crippen LogP contribution in [0.1, 0.15) is 26.7 Å². The van der Waals surface area contributed by atoms with Crippen LogP contribution in [0, 0.1) is 0 Å². The number of aldehydes is 1. The lowest BCUT2D eigenvalue weighted by Gasteiger charge is -2.13. The topological polar surface area (TPSA) is 63.2 Å². The van der Waals surface area contributed by atoms with Gasteiger partial charge in [0.2, 0.25) is 10.0 Å². The van der Waals surface area contributed by atoms with Crippen molar-refractivity contribution in [2.75, 3.05) is 0 Å². The number of carbonyl (C=O) groups excluding carboxylic acids is 1. The minimum absolute atomic E-state index is 0.146. The van der Waals surface area contributed by atoms with E-state index in [-0.39, 0.29) is 6.04 Å². The molecule has 1 fully saturated rings. The van der Waals surface area contributed by atoms with Gasteiger partial charge in [-0.15, -0.1) is 0 Å². The Morgan fingerprint density at radius 1 is 1.42 bits per heavy atom. The van der Waals surface area contributed by atoms with Crippen LogP contribution in [-0.2, 0) is 14.8 Å². The third kappa shape index (κ3) is 1.51. The molecule has 0 aliphatic heterocycles. The SMILES string of the molecule is CC(C)NS(=O)(=O)C1(C=O)CC1. The van der Waals surface area contributed by atoms with E-state index in [4.69, 9.17) is 0 Å². The van der Waals surface area contributed by atoms with E-state index < -0.39 is 14.8 Å². The molecule has 0 aromatic carbocycles. The molecule has 5 heteroatoms. The number of nitrogens with one attached hydrogen (secondary N) is 1. The van der Waals surface area contributed by atoms with E-state index in [0.717, 1.165) is 0 Å². The summed E-state index contributed by atoms with van der Waals surface area (Å²) in [5.74, 6) is 0. The second-order valence-electron chi connectivity index (χ2n) is 3.46. The van der Waals surface area contributed by atoms with Gasteiger partial charge in [-0.05, 0) is 26.7 Å². The standard InChI is InChI=1S/C7H13NO3S/c1-6(2)8-12(10,11)7(5-9)3-4-7/h5-6,8H,3-4H2,1-2H3. The van der Waals surface area contributed by atoms with Crippen LogP contribution in [0.25, 0.3) is 0 Å². The predicted octanol–water partition coefficient (Wildman–Crippen LogP) is 0.0457. The maximum absolute atomic E-state index is 11.4. The van der Waals surface area contributed by atoms with Crippen LogP contribution in [0.15, 0.2) is 0 Å². The molecule has 1 aliphatic rings. The van der Waals surface area contributed by atoms with Crippen LogP contribution in [-0.4, -0.2) is 25.5 Å². The van der Waals surface area contributed by atoms with Crippen molar-refractivity contribution < 1.29 is 13.2 Å². The summed E-state index contributed by atoms with van der Waals surface area (Å²) in [5.41, 5.74) is 0. The minimum Gasteiger partial charge on any atom is -0.302 e. The summed E-state index contributed by atoms with van der Waals surface area (Å²) in [6.07, 6.45) is 1.45. The van der Waals surface area contributed by atoms with E-state index in [0.29, 0.717) is 19.1 Å². The average molecular weight is 191 g/mol. The molecule has 0 aromatic rings. The Kier molecular flexibility index (Phi) is 2.27. The summed E-state index contributed by atoms with van der Waals surface area (Å²) in [7, 11) is -3.42. The number of rotatable bonds is 4. The van der Waals surface area contributed by atoms with Crippen LogP contribution in [0.5, 0.6) is 0 Å². The van der Waals surface area contributed by atoms with Crippen LogP contribution in [0.3, 0.4) is 0 Å².